The van der Waals surface area contributed by atoms with E-state index in [1.54, 1.807) is 0 Å². The van der Waals surface area contributed by atoms with Gasteiger partial charge in [-0.2, -0.15) is 5.10 Å². The molecule has 0 saturated carbocycles. The smallest absolute Gasteiger partial charge is 0.137 e. The van der Waals surface area contributed by atoms with E-state index in [9.17, 15) is 0 Å². The Hall–Kier alpha value is -0.850. The molecular formula is C14H17Br2N3O. The Morgan fingerprint density at radius 3 is 2.70 bits per heavy atom. The van der Waals surface area contributed by atoms with Crippen molar-refractivity contribution in [2.45, 2.75) is 20.0 Å². The molecular weight excluding hydrogens is 386 g/mol. The Morgan fingerprint density at radius 2 is 2.10 bits per heavy atom. The van der Waals surface area contributed by atoms with Crippen molar-refractivity contribution in [3.05, 3.63) is 44.1 Å². The maximum atomic E-state index is 5.99. The number of halogens is 2. The first-order valence-corrected chi connectivity index (χ1v) is 7.91. The van der Waals surface area contributed by atoms with E-state index in [1.165, 1.54) is 0 Å². The highest BCUT2D eigenvalue weighted by Gasteiger charge is 2.13. The molecule has 2 N–H and O–H groups in total. The van der Waals surface area contributed by atoms with Crippen LogP contribution in [0, 0.1) is 6.92 Å². The first kappa shape index (κ1) is 15.5. The van der Waals surface area contributed by atoms with Crippen LogP contribution in [0.5, 0.6) is 5.75 Å². The molecule has 2 rings (SSSR count). The van der Waals surface area contributed by atoms with Crippen molar-refractivity contribution in [3.63, 3.8) is 0 Å². The van der Waals surface area contributed by atoms with E-state index in [-0.39, 0.29) is 0 Å². The van der Waals surface area contributed by atoms with E-state index in [0.717, 1.165) is 38.1 Å². The summed E-state index contributed by atoms with van der Waals surface area (Å²) in [5.74, 6) is 0.851. The molecule has 0 radical (unpaired) electrons. The second-order valence-corrected chi connectivity index (χ2v) is 6.17. The van der Waals surface area contributed by atoms with Crippen LogP contribution in [0.15, 0.2) is 27.1 Å². The summed E-state index contributed by atoms with van der Waals surface area (Å²) in [5.41, 5.74) is 8.72. The summed E-state index contributed by atoms with van der Waals surface area (Å²) in [6.45, 7) is 3.02. The van der Waals surface area contributed by atoms with Crippen molar-refractivity contribution >= 4 is 31.9 Å². The van der Waals surface area contributed by atoms with Crippen LogP contribution in [0.4, 0.5) is 0 Å². The zero-order chi connectivity index (χ0) is 14.7. The van der Waals surface area contributed by atoms with Gasteiger partial charge in [0.2, 0.25) is 0 Å². The number of nitrogens with two attached hydrogens (primary N) is 1. The van der Waals surface area contributed by atoms with E-state index < -0.39 is 0 Å². The average molecular weight is 403 g/mol. The van der Waals surface area contributed by atoms with Crippen LogP contribution in [-0.4, -0.2) is 16.3 Å². The minimum Gasteiger partial charge on any atom is -0.486 e. The van der Waals surface area contributed by atoms with Crippen LogP contribution in [-0.2, 0) is 20.1 Å². The van der Waals surface area contributed by atoms with Crippen molar-refractivity contribution in [2.75, 3.05) is 6.54 Å². The first-order chi connectivity index (χ1) is 9.54. The second kappa shape index (κ2) is 6.74. The van der Waals surface area contributed by atoms with Crippen molar-refractivity contribution in [3.8, 4) is 5.75 Å². The molecule has 6 heteroatoms. The monoisotopic (exact) mass is 401 g/mol. The van der Waals surface area contributed by atoms with Crippen LogP contribution >= 0.6 is 31.9 Å². The summed E-state index contributed by atoms with van der Waals surface area (Å²) in [6, 6.07) is 6.00. The lowest BCUT2D eigenvalue weighted by molar-refractivity contribution is 0.289. The normalized spacial score (nSPS) is 10.8. The summed E-state index contributed by atoms with van der Waals surface area (Å²) < 4.78 is 9.76. The Labute approximate surface area is 135 Å². The molecule has 0 fully saturated rings. The first-order valence-electron chi connectivity index (χ1n) is 6.32. The van der Waals surface area contributed by atoms with Crippen molar-refractivity contribution < 1.29 is 4.74 Å². The van der Waals surface area contributed by atoms with Crippen molar-refractivity contribution in [2.24, 2.45) is 12.8 Å². The molecule has 1 aromatic carbocycles. The molecule has 20 heavy (non-hydrogen) atoms. The highest BCUT2D eigenvalue weighted by molar-refractivity contribution is 9.10. The van der Waals surface area contributed by atoms with E-state index in [0.29, 0.717) is 13.2 Å². The van der Waals surface area contributed by atoms with Gasteiger partial charge in [-0.15, -0.1) is 0 Å². The molecule has 0 atom stereocenters. The van der Waals surface area contributed by atoms with Crippen LogP contribution in [0.25, 0.3) is 0 Å². The molecule has 0 bridgehead atoms. The predicted molar refractivity (Wildman–Crippen MR) is 86.9 cm³/mol. The van der Waals surface area contributed by atoms with Gasteiger partial charge in [-0.25, -0.2) is 0 Å². The van der Waals surface area contributed by atoms with Crippen LogP contribution in [0.2, 0.25) is 0 Å². The number of hydrogen-bond donors (Lipinski definition) is 1. The largest absolute Gasteiger partial charge is 0.486 e. The van der Waals surface area contributed by atoms with Gasteiger partial charge in [0.15, 0.2) is 0 Å². The minimum atomic E-state index is 0.456. The van der Waals surface area contributed by atoms with Gasteiger partial charge in [0.05, 0.1) is 20.3 Å². The third kappa shape index (κ3) is 3.24. The number of benzene rings is 1. The molecule has 0 aliphatic rings. The van der Waals surface area contributed by atoms with Crippen molar-refractivity contribution in [1.29, 1.82) is 0 Å². The zero-order valence-corrected chi connectivity index (χ0v) is 14.7. The van der Waals surface area contributed by atoms with Gasteiger partial charge in [-0.05, 0) is 63.4 Å². The maximum absolute atomic E-state index is 5.99. The fourth-order valence-corrected chi connectivity index (χ4v) is 3.02. The van der Waals surface area contributed by atoms with Gasteiger partial charge >= 0.3 is 0 Å². The third-order valence-corrected chi connectivity index (χ3v) is 4.73. The molecule has 0 aliphatic carbocycles. The number of aryl methyl sites for hydroxylation is 2. The van der Waals surface area contributed by atoms with Crippen LogP contribution in [0.3, 0.4) is 0 Å². The third-order valence-electron chi connectivity index (χ3n) is 3.08. The molecule has 0 spiro atoms. The number of nitrogens with zero attached hydrogens (tertiary/aromatic N) is 2. The summed E-state index contributed by atoms with van der Waals surface area (Å²) in [4.78, 5) is 0. The highest BCUT2D eigenvalue weighted by atomic mass is 79.9. The van der Waals surface area contributed by atoms with Gasteiger partial charge in [-0.3, -0.25) is 4.68 Å². The van der Waals surface area contributed by atoms with Gasteiger partial charge in [0.25, 0.3) is 0 Å². The number of hydrogen-bond acceptors (Lipinski definition) is 3. The van der Waals surface area contributed by atoms with Crippen LogP contribution in [0.1, 0.15) is 17.0 Å². The molecule has 2 aromatic rings. The summed E-state index contributed by atoms with van der Waals surface area (Å²) in [7, 11) is 1.91. The number of aromatic nitrogens is 2. The van der Waals surface area contributed by atoms with Gasteiger partial charge in [0, 0.05) is 7.05 Å². The fourth-order valence-electron chi connectivity index (χ4n) is 2.04. The van der Waals surface area contributed by atoms with Crippen molar-refractivity contribution in [1.82, 2.24) is 9.78 Å². The second-order valence-electron chi connectivity index (χ2n) is 4.53. The molecule has 0 saturated heterocycles. The standard InChI is InChI=1S/C14H17Br2N3O/c1-9-13(16)12(19(2)18-9)8-20-14-10(6-7-17)4-3-5-11(14)15/h3-5H,6-8,17H2,1-2H3. The number of para-hydroxylation sites is 1. The lowest BCUT2D eigenvalue weighted by Gasteiger charge is -2.13. The summed E-state index contributed by atoms with van der Waals surface area (Å²) in [5, 5.41) is 4.36. The molecule has 4 nitrogen and oxygen atoms in total. The molecule has 1 aromatic heterocycles. The molecule has 0 amide bonds. The SMILES string of the molecule is Cc1nn(C)c(COc2c(Br)cccc2CCN)c1Br. The van der Waals surface area contributed by atoms with Crippen LogP contribution < -0.4 is 10.5 Å². The average Bonchev–Trinajstić information content (AvgIpc) is 2.64. The Morgan fingerprint density at radius 1 is 1.35 bits per heavy atom. The lowest BCUT2D eigenvalue weighted by atomic mass is 10.1. The topological polar surface area (TPSA) is 53.1 Å². The quantitative estimate of drug-likeness (QED) is 0.834. The zero-order valence-electron chi connectivity index (χ0n) is 11.5. The molecule has 108 valence electrons. The van der Waals surface area contributed by atoms with E-state index >= 15 is 0 Å². The van der Waals surface area contributed by atoms with E-state index in [2.05, 4.69) is 37.0 Å². The number of ether oxygens (including phenoxy) is 1. The predicted octanol–water partition coefficient (Wildman–Crippen LogP) is 3.33. The Kier molecular flexibility index (Phi) is 5.23. The Balaban J connectivity index is 2.22. The molecule has 0 unspecified atom stereocenters. The van der Waals surface area contributed by atoms with Gasteiger partial charge in [-0.1, -0.05) is 12.1 Å². The fraction of sp³-hybridized carbons (Fsp3) is 0.357. The van der Waals surface area contributed by atoms with Gasteiger partial charge in [0.1, 0.15) is 12.4 Å². The lowest BCUT2D eigenvalue weighted by Crippen LogP contribution is -2.08. The van der Waals surface area contributed by atoms with E-state index in [1.807, 2.05) is 36.9 Å². The van der Waals surface area contributed by atoms with E-state index in [4.69, 9.17) is 10.5 Å². The minimum absolute atomic E-state index is 0.456. The highest BCUT2D eigenvalue weighted by Crippen LogP contribution is 2.31. The number of rotatable bonds is 5. The summed E-state index contributed by atoms with van der Waals surface area (Å²) in [6.07, 6.45) is 0.792. The molecule has 1 heterocycles. The maximum Gasteiger partial charge on any atom is 0.137 e. The van der Waals surface area contributed by atoms with Gasteiger partial charge < -0.3 is 10.5 Å². The summed E-state index contributed by atoms with van der Waals surface area (Å²) >= 11 is 7.08. The molecule has 0 aliphatic heterocycles. The Bertz CT molecular complexity index is 611.